The van der Waals surface area contributed by atoms with Gasteiger partial charge in [-0.2, -0.15) is 0 Å². The highest BCUT2D eigenvalue weighted by Gasteiger charge is 2.22. The number of carboxylic acid groups (broad SMARTS) is 1. The Morgan fingerprint density at radius 3 is 2.30 bits per heavy atom. The van der Waals surface area contributed by atoms with E-state index in [2.05, 4.69) is 0 Å². The van der Waals surface area contributed by atoms with Gasteiger partial charge < -0.3 is 10.2 Å². The van der Waals surface area contributed by atoms with Crippen LogP contribution in [0.3, 0.4) is 0 Å². The molecule has 2 N–H and O–H groups in total. The zero-order valence-electron chi connectivity index (χ0n) is 5.75. The van der Waals surface area contributed by atoms with Crippen molar-refractivity contribution in [1.29, 1.82) is 0 Å². The molecule has 2 atom stereocenters. The number of aliphatic hydroxyl groups is 1. The van der Waals surface area contributed by atoms with Gasteiger partial charge in [0, 0.05) is 4.43 Å². The number of carboxylic acids is 1. The van der Waals surface area contributed by atoms with Crippen LogP contribution in [0, 0.1) is 5.92 Å². The first kappa shape index (κ1) is 10.2. The standard InChI is InChI=1S/C6H11IO3/c1-2-4(6(9)10)5(8)3-7/h4-5,8H,2-3H2,1H3,(H,9,10)/t4?,5-/m0/s1. The molecule has 0 aliphatic carbocycles. The van der Waals surface area contributed by atoms with E-state index in [-0.39, 0.29) is 0 Å². The SMILES string of the molecule is CCC(C(=O)O)[C@@H](O)CI. The van der Waals surface area contributed by atoms with Crippen LogP contribution in [0.25, 0.3) is 0 Å². The van der Waals surface area contributed by atoms with Crippen LogP contribution in [0.4, 0.5) is 0 Å². The molecule has 3 nitrogen and oxygen atoms in total. The van der Waals surface area contributed by atoms with Crippen molar-refractivity contribution in [2.24, 2.45) is 5.92 Å². The van der Waals surface area contributed by atoms with Gasteiger partial charge in [0.1, 0.15) is 0 Å². The first-order valence-electron chi connectivity index (χ1n) is 3.10. The lowest BCUT2D eigenvalue weighted by molar-refractivity contribution is -0.145. The molecule has 0 rings (SSSR count). The van der Waals surface area contributed by atoms with E-state index < -0.39 is 18.0 Å². The molecule has 0 aromatic heterocycles. The second-order valence-corrected chi connectivity index (χ2v) is 2.96. The fourth-order valence-corrected chi connectivity index (χ4v) is 1.33. The van der Waals surface area contributed by atoms with E-state index in [9.17, 15) is 4.79 Å². The molecular weight excluding hydrogens is 247 g/mol. The van der Waals surface area contributed by atoms with E-state index in [1.54, 1.807) is 6.92 Å². The highest BCUT2D eigenvalue weighted by molar-refractivity contribution is 14.1. The van der Waals surface area contributed by atoms with Crippen LogP contribution in [-0.2, 0) is 4.79 Å². The minimum absolute atomic E-state index is 0.475. The van der Waals surface area contributed by atoms with Crippen molar-refractivity contribution in [1.82, 2.24) is 0 Å². The van der Waals surface area contributed by atoms with E-state index in [4.69, 9.17) is 10.2 Å². The molecule has 0 amide bonds. The summed E-state index contributed by atoms with van der Waals surface area (Å²) < 4.78 is 0.475. The highest BCUT2D eigenvalue weighted by Crippen LogP contribution is 2.10. The van der Waals surface area contributed by atoms with Gasteiger partial charge in [-0.1, -0.05) is 29.5 Å². The fraction of sp³-hybridized carbons (Fsp3) is 0.833. The summed E-state index contributed by atoms with van der Waals surface area (Å²) in [4.78, 5) is 10.4. The Kier molecular flexibility index (Phi) is 4.98. The topological polar surface area (TPSA) is 57.5 Å². The van der Waals surface area contributed by atoms with E-state index in [1.165, 1.54) is 0 Å². The molecule has 0 saturated carbocycles. The normalized spacial score (nSPS) is 16.3. The maximum absolute atomic E-state index is 10.4. The summed E-state index contributed by atoms with van der Waals surface area (Å²) >= 11 is 1.97. The molecule has 0 aliphatic rings. The van der Waals surface area contributed by atoms with Gasteiger partial charge in [0.2, 0.25) is 0 Å². The van der Waals surface area contributed by atoms with Crippen LogP contribution in [-0.4, -0.2) is 26.7 Å². The number of hydrogen-bond donors (Lipinski definition) is 2. The predicted octanol–water partition coefficient (Wildman–Crippen LogP) is 0.893. The monoisotopic (exact) mass is 258 g/mol. The molecular formula is C6H11IO3. The molecule has 0 aromatic carbocycles. The summed E-state index contributed by atoms with van der Waals surface area (Å²) in [6.07, 6.45) is -0.220. The van der Waals surface area contributed by atoms with E-state index in [0.717, 1.165) is 0 Å². The molecule has 0 heterocycles. The second-order valence-electron chi connectivity index (χ2n) is 2.07. The van der Waals surface area contributed by atoms with Crippen LogP contribution >= 0.6 is 22.6 Å². The van der Waals surface area contributed by atoms with Gasteiger partial charge >= 0.3 is 5.97 Å². The third-order valence-corrected chi connectivity index (χ3v) is 2.28. The van der Waals surface area contributed by atoms with Crippen LogP contribution in [0.1, 0.15) is 13.3 Å². The summed E-state index contributed by atoms with van der Waals surface area (Å²) in [6.45, 7) is 1.76. The summed E-state index contributed by atoms with van der Waals surface area (Å²) in [7, 11) is 0. The Balaban J connectivity index is 3.92. The lowest BCUT2D eigenvalue weighted by Gasteiger charge is -2.13. The molecule has 60 valence electrons. The third-order valence-electron chi connectivity index (χ3n) is 1.38. The maximum atomic E-state index is 10.4. The van der Waals surface area contributed by atoms with Gasteiger partial charge in [-0.25, -0.2) is 0 Å². The quantitative estimate of drug-likeness (QED) is 0.581. The molecule has 1 unspecified atom stereocenters. The van der Waals surface area contributed by atoms with Crippen molar-refractivity contribution in [3.05, 3.63) is 0 Å². The number of carbonyl (C=O) groups is 1. The number of rotatable bonds is 4. The predicted molar refractivity (Wildman–Crippen MR) is 46.3 cm³/mol. The molecule has 0 radical (unpaired) electrons. The molecule has 0 spiro atoms. The summed E-state index contributed by atoms with van der Waals surface area (Å²) in [5.74, 6) is -1.51. The van der Waals surface area contributed by atoms with Crippen molar-refractivity contribution in [3.8, 4) is 0 Å². The Morgan fingerprint density at radius 1 is 1.70 bits per heavy atom. The Labute approximate surface area is 73.6 Å². The smallest absolute Gasteiger partial charge is 0.309 e. The summed E-state index contributed by atoms with van der Waals surface area (Å²) in [6, 6.07) is 0. The third kappa shape index (κ3) is 2.83. The Bertz CT molecular complexity index is 116. The first-order valence-corrected chi connectivity index (χ1v) is 4.62. The molecule has 0 aromatic rings. The van der Waals surface area contributed by atoms with E-state index in [1.807, 2.05) is 22.6 Å². The molecule has 10 heavy (non-hydrogen) atoms. The molecule has 0 aliphatic heterocycles. The number of hydrogen-bond acceptors (Lipinski definition) is 2. The van der Waals surface area contributed by atoms with Gasteiger partial charge in [-0.05, 0) is 6.42 Å². The molecule has 0 bridgehead atoms. The van der Waals surface area contributed by atoms with Gasteiger partial charge in [0.15, 0.2) is 0 Å². The van der Waals surface area contributed by atoms with Crippen LogP contribution < -0.4 is 0 Å². The lowest BCUT2D eigenvalue weighted by Crippen LogP contribution is -2.28. The van der Waals surface area contributed by atoms with Gasteiger partial charge in [-0.3, -0.25) is 4.79 Å². The summed E-state index contributed by atoms with van der Waals surface area (Å²) in [5.41, 5.74) is 0. The average Bonchev–Trinajstić information content (AvgIpc) is 1.88. The molecule has 4 heteroatoms. The molecule has 0 fully saturated rings. The summed E-state index contributed by atoms with van der Waals surface area (Å²) in [5, 5.41) is 17.6. The van der Waals surface area contributed by atoms with Crippen LogP contribution in [0.2, 0.25) is 0 Å². The van der Waals surface area contributed by atoms with Crippen molar-refractivity contribution < 1.29 is 15.0 Å². The van der Waals surface area contributed by atoms with E-state index >= 15 is 0 Å². The minimum atomic E-state index is -0.910. The largest absolute Gasteiger partial charge is 0.481 e. The van der Waals surface area contributed by atoms with Gasteiger partial charge in [0.05, 0.1) is 12.0 Å². The maximum Gasteiger partial charge on any atom is 0.309 e. The van der Waals surface area contributed by atoms with Crippen LogP contribution in [0.15, 0.2) is 0 Å². The second kappa shape index (κ2) is 4.90. The Hall–Kier alpha value is 0.160. The Morgan fingerprint density at radius 2 is 2.20 bits per heavy atom. The zero-order valence-corrected chi connectivity index (χ0v) is 7.91. The fourth-order valence-electron chi connectivity index (χ4n) is 0.719. The number of halogens is 1. The highest BCUT2D eigenvalue weighted by atomic mass is 127. The van der Waals surface area contributed by atoms with Gasteiger partial charge in [-0.15, -0.1) is 0 Å². The van der Waals surface area contributed by atoms with Crippen molar-refractivity contribution in [2.45, 2.75) is 19.4 Å². The van der Waals surface area contributed by atoms with Crippen LogP contribution in [0.5, 0.6) is 0 Å². The average molecular weight is 258 g/mol. The lowest BCUT2D eigenvalue weighted by atomic mass is 10.0. The first-order chi connectivity index (χ1) is 4.63. The van der Waals surface area contributed by atoms with Crippen molar-refractivity contribution in [2.75, 3.05) is 4.43 Å². The van der Waals surface area contributed by atoms with E-state index in [0.29, 0.717) is 10.8 Å². The number of aliphatic carboxylic acids is 1. The molecule has 0 saturated heterocycles. The number of aliphatic hydroxyl groups excluding tert-OH is 1. The number of alkyl halides is 1. The van der Waals surface area contributed by atoms with Gasteiger partial charge in [0.25, 0.3) is 0 Å². The zero-order chi connectivity index (χ0) is 8.15. The minimum Gasteiger partial charge on any atom is -0.481 e. The van der Waals surface area contributed by atoms with Crippen molar-refractivity contribution >= 4 is 28.6 Å². The van der Waals surface area contributed by atoms with Crippen molar-refractivity contribution in [3.63, 3.8) is 0 Å².